The van der Waals surface area contributed by atoms with Crippen LogP contribution in [0.25, 0.3) is 17.0 Å². The van der Waals surface area contributed by atoms with Crippen molar-refractivity contribution >= 4 is 28.6 Å². The van der Waals surface area contributed by atoms with E-state index in [-0.39, 0.29) is 5.91 Å². The van der Waals surface area contributed by atoms with Crippen LogP contribution in [0.15, 0.2) is 57.9 Å². The molecule has 0 unspecified atom stereocenters. The fourth-order valence-electron chi connectivity index (χ4n) is 2.64. The summed E-state index contributed by atoms with van der Waals surface area (Å²) < 4.78 is 7.13. The van der Waals surface area contributed by atoms with Gasteiger partial charge in [0.15, 0.2) is 5.76 Å². The number of nitrogens with zero attached hydrogens (tertiary/aromatic N) is 3. The zero-order valence-electron chi connectivity index (χ0n) is 11.8. The maximum Gasteiger partial charge on any atom is 0.273 e. The van der Waals surface area contributed by atoms with Crippen molar-refractivity contribution in [1.29, 1.82) is 0 Å². The van der Waals surface area contributed by atoms with Crippen LogP contribution in [-0.4, -0.2) is 21.3 Å². The van der Waals surface area contributed by atoms with E-state index in [0.29, 0.717) is 17.0 Å². The van der Waals surface area contributed by atoms with Gasteiger partial charge in [-0.3, -0.25) is 4.79 Å². The lowest BCUT2D eigenvalue weighted by Crippen LogP contribution is -2.13. The topological polar surface area (TPSA) is 72.4 Å². The third-order valence-electron chi connectivity index (χ3n) is 3.67. The van der Waals surface area contributed by atoms with Gasteiger partial charge in [-0.05, 0) is 12.1 Å². The number of amides is 1. The Bertz CT molecular complexity index is 932. The number of hydrogen-bond acceptors (Lipinski definition) is 4. The van der Waals surface area contributed by atoms with E-state index in [0.717, 1.165) is 16.5 Å². The third kappa shape index (κ3) is 1.85. The molecule has 6 nitrogen and oxygen atoms in total. The first-order valence-corrected chi connectivity index (χ1v) is 6.79. The van der Waals surface area contributed by atoms with E-state index in [4.69, 9.17) is 4.52 Å². The molecule has 3 aromatic rings. The number of fused-ring (bicyclic) bond motifs is 1. The second kappa shape index (κ2) is 4.70. The quantitative estimate of drug-likeness (QED) is 0.735. The van der Waals surface area contributed by atoms with E-state index >= 15 is 0 Å². The summed E-state index contributed by atoms with van der Waals surface area (Å²) in [5.41, 5.74) is 5.46. The Labute approximate surface area is 125 Å². The molecule has 0 bridgehead atoms. The molecule has 0 spiro atoms. The van der Waals surface area contributed by atoms with Crippen molar-refractivity contribution in [3.8, 4) is 0 Å². The standard InChI is InChI=1S/C16H12N4O2/c1-20-9-10(11-4-2-3-5-13(11)20)8-12-15(18-19-16(12)21)14-6-7-17-22-14/h2-9H,1H3,(H,19,21). The van der Waals surface area contributed by atoms with Crippen LogP contribution in [0.2, 0.25) is 0 Å². The summed E-state index contributed by atoms with van der Waals surface area (Å²) in [7, 11) is 1.98. The maximum atomic E-state index is 12.1. The Morgan fingerprint density at radius 3 is 2.95 bits per heavy atom. The number of hydrazone groups is 1. The number of rotatable bonds is 2. The van der Waals surface area contributed by atoms with Crippen molar-refractivity contribution in [2.75, 3.05) is 0 Å². The average Bonchev–Trinajstić information content (AvgIpc) is 3.23. The molecule has 4 rings (SSSR count). The highest BCUT2D eigenvalue weighted by Gasteiger charge is 2.26. The minimum atomic E-state index is -0.251. The Morgan fingerprint density at radius 2 is 2.14 bits per heavy atom. The first kappa shape index (κ1) is 12.6. The van der Waals surface area contributed by atoms with Gasteiger partial charge in [-0.2, -0.15) is 5.10 Å². The zero-order chi connectivity index (χ0) is 15.1. The van der Waals surface area contributed by atoms with Crippen molar-refractivity contribution in [2.45, 2.75) is 0 Å². The van der Waals surface area contributed by atoms with E-state index in [1.807, 2.05) is 48.2 Å². The molecule has 1 N–H and O–H groups in total. The molecule has 0 saturated carbocycles. The largest absolute Gasteiger partial charge is 0.355 e. The summed E-state index contributed by atoms with van der Waals surface area (Å²) >= 11 is 0. The summed E-state index contributed by atoms with van der Waals surface area (Å²) in [5, 5.41) is 8.77. The molecule has 0 radical (unpaired) electrons. The Morgan fingerprint density at radius 1 is 1.27 bits per heavy atom. The first-order valence-electron chi connectivity index (χ1n) is 6.79. The van der Waals surface area contributed by atoms with Crippen molar-refractivity contribution in [3.63, 3.8) is 0 Å². The molecule has 1 aliphatic heterocycles. The second-order valence-corrected chi connectivity index (χ2v) is 5.05. The molecule has 22 heavy (non-hydrogen) atoms. The lowest BCUT2D eigenvalue weighted by molar-refractivity contribution is -0.116. The van der Waals surface area contributed by atoms with E-state index < -0.39 is 0 Å². The predicted molar refractivity (Wildman–Crippen MR) is 82.1 cm³/mol. The van der Waals surface area contributed by atoms with Gasteiger partial charge in [-0.15, -0.1) is 0 Å². The minimum Gasteiger partial charge on any atom is -0.355 e. The van der Waals surface area contributed by atoms with Gasteiger partial charge in [0.25, 0.3) is 5.91 Å². The lowest BCUT2D eigenvalue weighted by Gasteiger charge is -1.97. The normalized spacial score (nSPS) is 16.3. The maximum absolute atomic E-state index is 12.1. The van der Waals surface area contributed by atoms with Crippen LogP contribution in [0.4, 0.5) is 0 Å². The minimum absolute atomic E-state index is 0.251. The van der Waals surface area contributed by atoms with Gasteiger partial charge < -0.3 is 9.09 Å². The number of carbonyl (C=O) groups excluding carboxylic acids is 1. The SMILES string of the molecule is Cn1cc(C=C2C(=O)NN=C2c2ccno2)c2ccccc21. The number of aryl methyl sites for hydroxylation is 1. The summed E-state index contributed by atoms with van der Waals surface area (Å²) in [4.78, 5) is 12.1. The molecule has 108 valence electrons. The van der Waals surface area contributed by atoms with Gasteiger partial charge in [0.1, 0.15) is 5.71 Å². The Kier molecular flexibility index (Phi) is 2.69. The van der Waals surface area contributed by atoms with Crippen LogP contribution in [0.1, 0.15) is 11.3 Å². The van der Waals surface area contributed by atoms with Gasteiger partial charge in [-0.25, -0.2) is 5.43 Å². The molecule has 1 aromatic carbocycles. The van der Waals surface area contributed by atoms with Gasteiger partial charge in [-0.1, -0.05) is 23.4 Å². The van der Waals surface area contributed by atoms with Gasteiger partial charge in [0, 0.05) is 35.8 Å². The highest BCUT2D eigenvalue weighted by atomic mass is 16.5. The van der Waals surface area contributed by atoms with Gasteiger partial charge >= 0.3 is 0 Å². The van der Waals surface area contributed by atoms with Crippen molar-refractivity contribution in [3.05, 3.63) is 59.6 Å². The summed E-state index contributed by atoms with van der Waals surface area (Å²) in [5.74, 6) is 0.212. The number of benzene rings is 1. The van der Waals surface area contributed by atoms with Crippen LogP contribution in [0.3, 0.4) is 0 Å². The predicted octanol–water partition coefficient (Wildman–Crippen LogP) is 2.08. The van der Waals surface area contributed by atoms with Crippen molar-refractivity contribution < 1.29 is 9.32 Å². The van der Waals surface area contributed by atoms with E-state index in [1.54, 1.807) is 6.07 Å². The number of hydrogen-bond donors (Lipinski definition) is 1. The van der Waals surface area contributed by atoms with Crippen LogP contribution in [-0.2, 0) is 11.8 Å². The van der Waals surface area contributed by atoms with Crippen molar-refractivity contribution in [1.82, 2.24) is 15.1 Å². The molecule has 0 aliphatic carbocycles. The lowest BCUT2D eigenvalue weighted by atomic mass is 10.0. The van der Waals surface area contributed by atoms with Gasteiger partial charge in [0.2, 0.25) is 0 Å². The molecular formula is C16H12N4O2. The van der Waals surface area contributed by atoms with E-state index in [2.05, 4.69) is 15.7 Å². The van der Waals surface area contributed by atoms with Crippen LogP contribution in [0, 0.1) is 0 Å². The smallest absolute Gasteiger partial charge is 0.273 e. The Balaban J connectivity index is 1.87. The van der Waals surface area contributed by atoms with E-state index in [9.17, 15) is 4.79 Å². The highest BCUT2D eigenvalue weighted by Crippen LogP contribution is 2.24. The monoisotopic (exact) mass is 292 g/mol. The van der Waals surface area contributed by atoms with Crippen LogP contribution >= 0.6 is 0 Å². The first-order chi connectivity index (χ1) is 10.7. The molecule has 3 heterocycles. The molecule has 0 atom stereocenters. The molecule has 0 saturated heterocycles. The van der Waals surface area contributed by atoms with Gasteiger partial charge in [0.05, 0.1) is 11.8 Å². The van der Waals surface area contributed by atoms with Crippen LogP contribution in [0.5, 0.6) is 0 Å². The third-order valence-corrected chi connectivity index (χ3v) is 3.67. The molecule has 0 fully saturated rings. The molecule has 6 heteroatoms. The van der Waals surface area contributed by atoms with Crippen molar-refractivity contribution in [2.24, 2.45) is 12.1 Å². The fraction of sp³-hybridized carbons (Fsp3) is 0.0625. The molecule has 1 aliphatic rings. The number of aromatic nitrogens is 2. The number of nitrogens with one attached hydrogen (secondary N) is 1. The summed E-state index contributed by atoms with van der Waals surface area (Å²) in [6.07, 6.45) is 5.34. The zero-order valence-corrected chi connectivity index (χ0v) is 11.8. The number of carbonyl (C=O) groups is 1. The molecule has 2 aromatic heterocycles. The average molecular weight is 292 g/mol. The summed E-state index contributed by atoms with van der Waals surface area (Å²) in [6, 6.07) is 9.71. The fourth-order valence-corrected chi connectivity index (χ4v) is 2.64. The van der Waals surface area contributed by atoms with E-state index in [1.165, 1.54) is 6.20 Å². The summed E-state index contributed by atoms with van der Waals surface area (Å²) in [6.45, 7) is 0. The second-order valence-electron chi connectivity index (χ2n) is 5.05. The molecular weight excluding hydrogens is 280 g/mol. The molecule has 1 amide bonds. The number of para-hydroxylation sites is 1. The van der Waals surface area contributed by atoms with Crippen LogP contribution < -0.4 is 5.43 Å². The Hall–Kier alpha value is -3.15. The highest BCUT2D eigenvalue weighted by molar-refractivity contribution is 6.32.